The van der Waals surface area contributed by atoms with Gasteiger partial charge in [-0.15, -0.1) is 0 Å². The Hall–Kier alpha value is -0.400. The minimum Gasteiger partial charge on any atom is -0.382 e. The molecular weight excluding hydrogens is 327 g/mol. The summed E-state index contributed by atoms with van der Waals surface area (Å²) in [5, 5.41) is 10.1. The average molecular weight is 342 g/mol. The molecule has 0 bridgehead atoms. The SMILES string of the molecule is CC(C)(O)c1nc(N2CCOCC2)nc(C(Cl)(Cl)Cl)n1. The lowest BCUT2D eigenvalue weighted by Crippen LogP contribution is -2.38. The van der Waals surface area contributed by atoms with E-state index in [4.69, 9.17) is 39.5 Å². The smallest absolute Gasteiger partial charge is 0.250 e. The number of hydrogen-bond acceptors (Lipinski definition) is 6. The van der Waals surface area contributed by atoms with Gasteiger partial charge in [-0.3, -0.25) is 0 Å². The molecule has 0 aromatic carbocycles. The summed E-state index contributed by atoms with van der Waals surface area (Å²) in [4.78, 5) is 14.4. The summed E-state index contributed by atoms with van der Waals surface area (Å²) in [6.07, 6.45) is 0. The Bertz CT molecular complexity index is 449. The predicted molar refractivity (Wildman–Crippen MR) is 77.3 cm³/mol. The molecule has 1 saturated heterocycles. The third-order valence-electron chi connectivity index (χ3n) is 2.72. The van der Waals surface area contributed by atoms with E-state index in [0.717, 1.165) is 0 Å². The summed E-state index contributed by atoms with van der Waals surface area (Å²) in [7, 11) is 0. The number of alkyl halides is 3. The Kier molecular flexibility index (Phi) is 4.61. The molecular formula is C11H15Cl3N4O2. The van der Waals surface area contributed by atoms with Crippen molar-refractivity contribution in [2.24, 2.45) is 0 Å². The summed E-state index contributed by atoms with van der Waals surface area (Å²) >= 11 is 17.5. The maximum absolute atomic E-state index is 10.1. The zero-order valence-corrected chi connectivity index (χ0v) is 13.4. The van der Waals surface area contributed by atoms with E-state index in [1.165, 1.54) is 0 Å². The lowest BCUT2D eigenvalue weighted by Gasteiger charge is -2.28. The number of rotatable bonds is 2. The van der Waals surface area contributed by atoms with E-state index < -0.39 is 9.39 Å². The normalized spacial score (nSPS) is 17.4. The summed E-state index contributed by atoms with van der Waals surface area (Å²) < 4.78 is 3.50. The lowest BCUT2D eigenvalue weighted by atomic mass is 10.1. The van der Waals surface area contributed by atoms with Crippen LogP contribution < -0.4 is 4.90 Å². The molecule has 1 aliphatic rings. The molecule has 6 nitrogen and oxygen atoms in total. The first-order valence-corrected chi connectivity index (χ1v) is 7.20. The van der Waals surface area contributed by atoms with E-state index in [9.17, 15) is 5.11 Å². The Morgan fingerprint density at radius 2 is 1.60 bits per heavy atom. The quantitative estimate of drug-likeness (QED) is 0.827. The second-order valence-corrected chi connectivity index (χ2v) is 7.22. The van der Waals surface area contributed by atoms with Gasteiger partial charge < -0.3 is 14.7 Å². The highest BCUT2D eigenvalue weighted by Crippen LogP contribution is 2.37. The monoisotopic (exact) mass is 340 g/mol. The number of aliphatic hydroxyl groups is 1. The van der Waals surface area contributed by atoms with Crippen LogP contribution in [0.1, 0.15) is 25.5 Å². The van der Waals surface area contributed by atoms with Crippen LogP contribution in [0.2, 0.25) is 0 Å². The summed E-state index contributed by atoms with van der Waals surface area (Å²) in [6, 6.07) is 0. The van der Waals surface area contributed by atoms with Crippen molar-refractivity contribution in [3.63, 3.8) is 0 Å². The molecule has 0 radical (unpaired) electrons. The van der Waals surface area contributed by atoms with Gasteiger partial charge in [0, 0.05) is 13.1 Å². The number of nitrogens with zero attached hydrogens (tertiary/aromatic N) is 4. The number of halogens is 3. The van der Waals surface area contributed by atoms with Crippen LogP contribution in [0.15, 0.2) is 0 Å². The second kappa shape index (κ2) is 5.77. The first-order chi connectivity index (χ1) is 9.18. The Labute approximate surface area is 132 Å². The van der Waals surface area contributed by atoms with Crippen LogP contribution in [0.5, 0.6) is 0 Å². The van der Waals surface area contributed by atoms with Crippen LogP contribution in [0, 0.1) is 0 Å². The molecule has 9 heteroatoms. The van der Waals surface area contributed by atoms with Crippen LogP contribution in [0.4, 0.5) is 5.95 Å². The van der Waals surface area contributed by atoms with Gasteiger partial charge in [-0.2, -0.15) is 9.97 Å². The van der Waals surface area contributed by atoms with Crippen LogP contribution in [0.25, 0.3) is 0 Å². The van der Waals surface area contributed by atoms with Gasteiger partial charge in [-0.1, -0.05) is 34.8 Å². The molecule has 0 aliphatic carbocycles. The number of ether oxygens (including phenoxy) is 1. The van der Waals surface area contributed by atoms with Crippen molar-refractivity contribution >= 4 is 40.8 Å². The molecule has 1 aromatic rings. The van der Waals surface area contributed by atoms with E-state index in [1.54, 1.807) is 13.8 Å². The van der Waals surface area contributed by atoms with E-state index in [-0.39, 0.29) is 11.6 Å². The zero-order chi connectivity index (χ0) is 15.0. The fourth-order valence-corrected chi connectivity index (χ4v) is 1.92. The molecule has 0 spiro atoms. The van der Waals surface area contributed by atoms with Crippen molar-refractivity contribution in [3.05, 3.63) is 11.6 Å². The number of anilines is 1. The van der Waals surface area contributed by atoms with Crippen LogP contribution in [-0.2, 0) is 14.1 Å². The van der Waals surface area contributed by atoms with Crippen molar-refractivity contribution in [2.45, 2.75) is 23.2 Å². The molecule has 112 valence electrons. The molecule has 0 atom stereocenters. The maximum Gasteiger partial charge on any atom is 0.250 e. The number of morpholine rings is 1. The maximum atomic E-state index is 10.1. The van der Waals surface area contributed by atoms with Crippen molar-refractivity contribution in [1.82, 2.24) is 15.0 Å². The fraction of sp³-hybridized carbons (Fsp3) is 0.727. The minimum atomic E-state index is -1.77. The molecule has 0 saturated carbocycles. The predicted octanol–water partition coefficient (Wildman–Crippen LogP) is 1.76. The first-order valence-electron chi connectivity index (χ1n) is 6.07. The minimum absolute atomic E-state index is 0.00360. The van der Waals surface area contributed by atoms with Crippen LogP contribution >= 0.6 is 34.8 Å². The highest BCUT2D eigenvalue weighted by Gasteiger charge is 2.32. The molecule has 1 aromatic heterocycles. The molecule has 1 aliphatic heterocycles. The van der Waals surface area contributed by atoms with Crippen molar-refractivity contribution in [1.29, 1.82) is 0 Å². The van der Waals surface area contributed by atoms with Gasteiger partial charge in [0.05, 0.1) is 13.2 Å². The van der Waals surface area contributed by atoms with E-state index in [2.05, 4.69) is 15.0 Å². The highest BCUT2D eigenvalue weighted by atomic mass is 35.6. The van der Waals surface area contributed by atoms with Crippen LogP contribution in [0.3, 0.4) is 0 Å². The second-order valence-electron chi connectivity index (χ2n) is 4.94. The molecule has 2 rings (SSSR count). The highest BCUT2D eigenvalue weighted by molar-refractivity contribution is 6.66. The summed E-state index contributed by atoms with van der Waals surface area (Å²) in [6.45, 7) is 5.55. The Morgan fingerprint density at radius 3 is 2.10 bits per heavy atom. The van der Waals surface area contributed by atoms with Gasteiger partial charge in [0.15, 0.2) is 11.6 Å². The zero-order valence-electron chi connectivity index (χ0n) is 11.1. The number of hydrogen-bond donors (Lipinski definition) is 1. The van der Waals surface area contributed by atoms with Gasteiger partial charge in [0.1, 0.15) is 5.60 Å². The Morgan fingerprint density at radius 1 is 1.05 bits per heavy atom. The van der Waals surface area contributed by atoms with Crippen molar-refractivity contribution in [3.8, 4) is 0 Å². The van der Waals surface area contributed by atoms with E-state index >= 15 is 0 Å². The van der Waals surface area contributed by atoms with E-state index in [0.29, 0.717) is 32.3 Å². The molecule has 1 N–H and O–H groups in total. The third-order valence-corrected chi connectivity index (χ3v) is 3.23. The average Bonchev–Trinajstić information content (AvgIpc) is 2.37. The molecule has 0 amide bonds. The van der Waals surface area contributed by atoms with Crippen LogP contribution in [-0.4, -0.2) is 46.4 Å². The van der Waals surface area contributed by atoms with Gasteiger partial charge in [-0.25, -0.2) is 4.98 Å². The molecule has 0 unspecified atom stereocenters. The first kappa shape index (κ1) is 16.0. The van der Waals surface area contributed by atoms with Gasteiger partial charge in [0.25, 0.3) is 0 Å². The topological polar surface area (TPSA) is 71.4 Å². The molecule has 20 heavy (non-hydrogen) atoms. The standard InChI is InChI=1S/C11H15Cl3N4O2/c1-10(2,19)7-15-8(11(12,13)14)17-9(16-7)18-3-5-20-6-4-18/h19H,3-6H2,1-2H3. The Balaban J connectivity index is 2.45. The number of aromatic nitrogens is 3. The van der Waals surface area contributed by atoms with Gasteiger partial charge in [0.2, 0.25) is 9.74 Å². The van der Waals surface area contributed by atoms with Gasteiger partial charge in [-0.05, 0) is 13.8 Å². The largest absolute Gasteiger partial charge is 0.382 e. The van der Waals surface area contributed by atoms with E-state index in [1.807, 2.05) is 4.90 Å². The van der Waals surface area contributed by atoms with Crippen molar-refractivity contribution in [2.75, 3.05) is 31.2 Å². The fourth-order valence-electron chi connectivity index (χ4n) is 1.67. The molecule has 2 heterocycles. The lowest BCUT2D eigenvalue weighted by molar-refractivity contribution is 0.0680. The third kappa shape index (κ3) is 3.83. The van der Waals surface area contributed by atoms with Gasteiger partial charge >= 0.3 is 0 Å². The summed E-state index contributed by atoms with van der Waals surface area (Å²) in [5.41, 5.74) is -1.26. The molecule has 1 fully saturated rings. The van der Waals surface area contributed by atoms with Crippen molar-refractivity contribution < 1.29 is 9.84 Å². The summed E-state index contributed by atoms with van der Waals surface area (Å²) in [5.74, 6) is 0.535.